The third-order valence-corrected chi connectivity index (χ3v) is 5.09. The van der Waals surface area contributed by atoms with Gasteiger partial charge in [-0.1, -0.05) is 35.6 Å². The predicted molar refractivity (Wildman–Crippen MR) is 82.3 cm³/mol. The number of rotatable bonds is 2. The first-order chi connectivity index (χ1) is 9.24. The first-order valence-corrected chi connectivity index (χ1v) is 8.01. The standard InChI is InChI=1S/C13H14ClNO2S2/c14-10-5-9(6-11-12(10)17-8-16-11)7-19-13(18)15-3-1-2-4-15/h5-6H,1-4,7-8H2. The van der Waals surface area contributed by atoms with Gasteiger partial charge in [-0.25, -0.2) is 0 Å². The Balaban J connectivity index is 1.64. The van der Waals surface area contributed by atoms with E-state index in [0.717, 1.165) is 34.5 Å². The molecule has 102 valence electrons. The Morgan fingerprint density at radius 3 is 2.89 bits per heavy atom. The van der Waals surface area contributed by atoms with Crippen LogP contribution >= 0.6 is 35.6 Å². The molecule has 0 radical (unpaired) electrons. The van der Waals surface area contributed by atoms with Crippen LogP contribution in [0.4, 0.5) is 0 Å². The lowest BCUT2D eigenvalue weighted by atomic mass is 10.2. The summed E-state index contributed by atoms with van der Waals surface area (Å²) in [6, 6.07) is 3.91. The van der Waals surface area contributed by atoms with E-state index in [0.29, 0.717) is 10.8 Å². The number of thiocarbonyl (C=S) groups is 1. The molecule has 1 aromatic carbocycles. The van der Waals surface area contributed by atoms with Gasteiger partial charge in [0.2, 0.25) is 6.79 Å². The van der Waals surface area contributed by atoms with Gasteiger partial charge in [0.25, 0.3) is 0 Å². The minimum absolute atomic E-state index is 0.248. The lowest BCUT2D eigenvalue weighted by molar-refractivity contribution is 0.174. The van der Waals surface area contributed by atoms with Crippen LogP contribution in [0.5, 0.6) is 11.5 Å². The summed E-state index contributed by atoms with van der Waals surface area (Å²) in [5.41, 5.74) is 1.11. The second kappa shape index (κ2) is 5.77. The van der Waals surface area contributed by atoms with Gasteiger partial charge in [0.15, 0.2) is 11.5 Å². The largest absolute Gasteiger partial charge is 0.454 e. The second-order valence-electron chi connectivity index (χ2n) is 4.56. The summed E-state index contributed by atoms with van der Waals surface area (Å²) in [4.78, 5) is 2.27. The highest BCUT2D eigenvalue weighted by atomic mass is 35.5. The van der Waals surface area contributed by atoms with Crippen LogP contribution in [0.2, 0.25) is 5.02 Å². The molecule has 0 unspecified atom stereocenters. The van der Waals surface area contributed by atoms with Gasteiger partial charge >= 0.3 is 0 Å². The fourth-order valence-electron chi connectivity index (χ4n) is 2.24. The number of thioether (sulfide) groups is 1. The molecule has 1 fully saturated rings. The highest BCUT2D eigenvalue weighted by molar-refractivity contribution is 8.22. The monoisotopic (exact) mass is 315 g/mol. The molecule has 0 aliphatic carbocycles. The zero-order valence-corrected chi connectivity index (χ0v) is 12.7. The average Bonchev–Trinajstić information content (AvgIpc) is 3.06. The molecule has 0 atom stereocenters. The smallest absolute Gasteiger partial charge is 0.231 e. The topological polar surface area (TPSA) is 21.7 Å². The van der Waals surface area contributed by atoms with Gasteiger partial charge in [0.1, 0.15) is 4.32 Å². The van der Waals surface area contributed by atoms with E-state index in [4.69, 9.17) is 33.3 Å². The Hall–Kier alpha value is -0.650. The van der Waals surface area contributed by atoms with Gasteiger partial charge in [-0.2, -0.15) is 0 Å². The van der Waals surface area contributed by atoms with E-state index in [-0.39, 0.29) is 6.79 Å². The molecule has 1 aromatic rings. The highest BCUT2D eigenvalue weighted by Crippen LogP contribution is 2.40. The molecule has 3 nitrogen and oxygen atoms in total. The van der Waals surface area contributed by atoms with Crippen molar-refractivity contribution in [3.8, 4) is 11.5 Å². The number of hydrogen-bond acceptors (Lipinski definition) is 4. The van der Waals surface area contributed by atoms with E-state index in [1.54, 1.807) is 11.8 Å². The van der Waals surface area contributed by atoms with Crippen molar-refractivity contribution in [1.82, 2.24) is 4.90 Å². The third-order valence-electron chi connectivity index (χ3n) is 3.21. The van der Waals surface area contributed by atoms with Crippen LogP contribution in [0.1, 0.15) is 18.4 Å². The molecule has 0 saturated carbocycles. The number of halogens is 1. The van der Waals surface area contributed by atoms with Crippen molar-refractivity contribution in [3.63, 3.8) is 0 Å². The van der Waals surface area contributed by atoms with Crippen molar-refractivity contribution < 1.29 is 9.47 Å². The molecule has 19 heavy (non-hydrogen) atoms. The molecule has 3 rings (SSSR count). The SMILES string of the molecule is S=C(SCc1cc(Cl)c2c(c1)OCO2)N1CCCC1. The predicted octanol–water partition coefficient (Wildman–Crippen LogP) is 3.68. The Morgan fingerprint density at radius 2 is 2.11 bits per heavy atom. The lowest BCUT2D eigenvalue weighted by Gasteiger charge is -2.17. The van der Waals surface area contributed by atoms with Gasteiger partial charge in [-0.05, 0) is 30.5 Å². The van der Waals surface area contributed by atoms with Crippen LogP contribution < -0.4 is 9.47 Å². The maximum Gasteiger partial charge on any atom is 0.231 e. The van der Waals surface area contributed by atoms with E-state index in [2.05, 4.69) is 4.90 Å². The first kappa shape index (κ1) is 13.3. The minimum atomic E-state index is 0.248. The Morgan fingerprint density at radius 1 is 1.32 bits per heavy atom. The molecule has 0 amide bonds. The van der Waals surface area contributed by atoms with Crippen molar-refractivity contribution >= 4 is 39.9 Å². The molecular weight excluding hydrogens is 302 g/mol. The zero-order chi connectivity index (χ0) is 13.2. The number of nitrogens with zero attached hydrogens (tertiary/aromatic N) is 1. The van der Waals surface area contributed by atoms with Crippen LogP contribution in [0.25, 0.3) is 0 Å². The molecule has 2 aliphatic heterocycles. The maximum absolute atomic E-state index is 6.16. The minimum Gasteiger partial charge on any atom is -0.454 e. The van der Waals surface area contributed by atoms with Crippen molar-refractivity contribution in [2.24, 2.45) is 0 Å². The van der Waals surface area contributed by atoms with Gasteiger partial charge in [0, 0.05) is 18.8 Å². The van der Waals surface area contributed by atoms with Gasteiger partial charge in [-0.15, -0.1) is 0 Å². The van der Waals surface area contributed by atoms with E-state index in [1.165, 1.54) is 12.8 Å². The molecule has 0 spiro atoms. The lowest BCUT2D eigenvalue weighted by Crippen LogP contribution is -2.23. The molecule has 0 aromatic heterocycles. The molecular formula is C13H14ClNO2S2. The zero-order valence-electron chi connectivity index (χ0n) is 10.4. The fourth-order valence-corrected chi connectivity index (χ4v) is 3.71. The first-order valence-electron chi connectivity index (χ1n) is 6.24. The summed E-state index contributed by atoms with van der Waals surface area (Å²) in [7, 11) is 0. The molecule has 2 aliphatic rings. The number of fused-ring (bicyclic) bond motifs is 1. The normalized spacial score (nSPS) is 17.0. The number of likely N-dealkylation sites (tertiary alicyclic amines) is 1. The summed E-state index contributed by atoms with van der Waals surface area (Å²) in [6.45, 7) is 2.43. The average molecular weight is 316 g/mol. The number of benzene rings is 1. The number of ether oxygens (including phenoxy) is 2. The van der Waals surface area contributed by atoms with Crippen LogP contribution in [0, 0.1) is 0 Å². The van der Waals surface area contributed by atoms with E-state index in [9.17, 15) is 0 Å². The fraction of sp³-hybridized carbons (Fsp3) is 0.462. The Bertz CT molecular complexity index is 504. The quantitative estimate of drug-likeness (QED) is 0.774. The summed E-state index contributed by atoms with van der Waals surface area (Å²) >= 11 is 13.3. The molecule has 0 N–H and O–H groups in total. The molecule has 6 heteroatoms. The van der Waals surface area contributed by atoms with Crippen LogP contribution in [-0.2, 0) is 5.75 Å². The second-order valence-corrected chi connectivity index (χ2v) is 6.58. The summed E-state index contributed by atoms with van der Waals surface area (Å²) < 4.78 is 11.6. The molecule has 0 bridgehead atoms. The summed E-state index contributed by atoms with van der Waals surface area (Å²) in [5.74, 6) is 2.19. The Labute approximate surface area is 127 Å². The maximum atomic E-state index is 6.16. The van der Waals surface area contributed by atoms with Crippen LogP contribution in [-0.4, -0.2) is 29.1 Å². The van der Waals surface area contributed by atoms with E-state index >= 15 is 0 Å². The summed E-state index contributed by atoms with van der Waals surface area (Å²) in [6.07, 6.45) is 2.49. The van der Waals surface area contributed by atoms with E-state index < -0.39 is 0 Å². The van der Waals surface area contributed by atoms with E-state index in [1.807, 2.05) is 12.1 Å². The highest BCUT2D eigenvalue weighted by Gasteiger charge is 2.19. The van der Waals surface area contributed by atoms with Crippen LogP contribution in [0.3, 0.4) is 0 Å². The molecule has 2 heterocycles. The van der Waals surface area contributed by atoms with Gasteiger partial charge in [-0.3, -0.25) is 0 Å². The Kier molecular flexibility index (Phi) is 4.05. The van der Waals surface area contributed by atoms with Gasteiger partial charge in [0.05, 0.1) is 5.02 Å². The summed E-state index contributed by atoms with van der Waals surface area (Å²) in [5, 5.41) is 0.609. The number of hydrogen-bond donors (Lipinski definition) is 0. The van der Waals surface area contributed by atoms with Gasteiger partial charge < -0.3 is 14.4 Å². The third kappa shape index (κ3) is 2.93. The van der Waals surface area contributed by atoms with Crippen LogP contribution in [0.15, 0.2) is 12.1 Å². The van der Waals surface area contributed by atoms with Crippen molar-refractivity contribution in [2.45, 2.75) is 18.6 Å². The van der Waals surface area contributed by atoms with Crippen molar-refractivity contribution in [1.29, 1.82) is 0 Å². The van der Waals surface area contributed by atoms with Crippen molar-refractivity contribution in [3.05, 3.63) is 22.7 Å². The van der Waals surface area contributed by atoms with Crippen molar-refractivity contribution in [2.75, 3.05) is 19.9 Å². The molecule has 1 saturated heterocycles.